The third-order valence-corrected chi connectivity index (χ3v) is 5.16. The molecule has 1 aromatic rings. The predicted octanol–water partition coefficient (Wildman–Crippen LogP) is -2.47. The van der Waals surface area contributed by atoms with E-state index < -0.39 is 68.0 Å². The lowest BCUT2D eigenvalue weighted by atomic mass is 9.99. The van der Waals surface area contributed by atoms with Gasteiger partial charge in [0.2, 0.25) is 0 Å². The SMILES string of the molecule is N#CC(OC1OC(COC2OCC(O)(CO)C2O)C(O)C(O)C1O)c1ccccc1. The Morgan fingerprint density at radius 2 is 1.80 bits per heavy atom. The Morgan fingerprint density at radius 3 is 2.40 bits per heavy atom. The first-order valence-electron chi connectivity index (χ1n) is 9.35. The minimum atomic E-state index is -1.88. The minimum Gasteiger partial charge on any atom is -0.393 e. The molecule has 0 amide bonds. The molecule has 0 aromatic heterocycles. The van der Waals surface area contributed by atoms with Gasteiger partial charge < -0.3 is 49.6 Å². The third kappa shape index (κ3) is 4.63. The molecule has 0 saturated carbocycles. The van der Waals surface area contributed by atoms with E-state index in [0.29, 0.717) is 5.56 Å². The molecule has 11 heteroatoms. The molecule has 0 spiro atoms. The molecule has 0 radical (unpaired) electrons. The first-order valence-corrected chi connectivity index (χ1v) is 9.35. The zero-order valence-electron chi connectivity index (χ0n) is 15.9. The Labute approximate surface area is 172 Å². The normalized spacial score (nSPS) is 40.1. The van der Waals surface area contributed by atoms with E-state index in [4.69, 9.17) is 24.1 Å². The number of ether oxygens (including phenoxy) is 4. The molecular formula is C19H25NO10. The average Bonchev–Trinajstić information content (AvgIpc) is 3.06. The summed E-state index contributed by atoms with van der Waals surface area (Å²) in [6.07, 6.45) is -11.5. The number of hydrogen-bond donors (Lipinski definition) is 6. The lowest BCUT2D eigenvalue weighted by molar-refractivity contribution is -0.315. The summed E-state index contributed by atoms with van der Waals surface area (Å²) in [6, 6.07) is 10.4. The maximum absolute atomic E-state index is 10.2. The topological polar surface area (TPSA) is 182 Å². The minimum absolute atomic E-state index is 0.364. The zero-order valence-corrected chi connectivity index (χ0v) is 15.9. The predicted molar refractivity (Wildman–Crippen MR) is 96.3 cm³/mol. The van der Waals surface area contributed by atoms with Crippen LogP contribution in [0, 0.1) is 11.3 Å². The van der Waals surface area contributed by atoms with Crippen LogP contribution in [0.1, 0.15) is 11.7 Å². The van der Waals surface area contributed by atoms with Crippen LogP contribution < -0.4 is 0 Å². The summed E-state index contributed by atoms with van der Waals surface area (Å²) >= 11 is 0. The van der Waals surface area contributed by atoms with Crippen molar-refractivity contribution in [3.63, 3.8) is 0 Å². The second-order valence-corrected chi connectivity index (χ2v) is 7.29. The Morgan fingerprint density at radius 1 is 1.10 bits per heavy atom. The smallest absolute Gasteiger partial charge is 0.188 e. The fourth-order valence-corrected chi connectivity index (χ4v) is 3.24. The molecule has 9 atom stereocenters. The number of nitriles is 1. The monoisotopic (exact) mass is 427 g/mol. The Hall–Kier alpha value is -1.69. The molecule has 9 unspecified atom stereocenters. The van der Waals surface area contributed by atoms with Gasteiger partial charge in [-0.3, -0.25) is 0 Å². The van der Waals surface area contributed by atoms with Crippen LogP contribution in [0.3, 0.4) is 0 Å². The van der Waals surface area contributed by atoms with Crippen molar-refractivity contribution >= 4 is 0 Å². The van der Waals surface area contributed by atoms with Crippen molar-refractivity contribution in [2.45, 2.75) is 54.8 Å². The lowest BCUT2D eigenvalue weighted by Crippen LogP contribution is -2.59. The van der Waals surface area contributed by atoms with Crippen molar-refractivity contribution in [1.82, 2.24) is 0 Å². The van der Waals surface area contributed by atoms with Crippen LogP contribution in [0.15, 0.2) is 30.3 Å². The molecular weight excluding hydrogens is 402 g/mol. The van der Waals surface area contributed by atoms with E-state index in [-0.39, 0.29) is 6.61 Å². The maximum atomic E-state index is 10.2. The molecule has 30 heavy (non-hydrogen) atoms. The number of rotatable bonds is 7. The molecule has 2 aliphatic heterocycles. The first kappa shape index (κ1) is 23.0. The Bertz CT molecular complexity index is 730. The van der Waals surface area contributed by atoms with Gasteiger partial charge in [0.25, 0.3) is 0 Å². The Balaban J connectivity index is 1.64. The van der Waals surface area contributed by atoms with Crippen LogP contribution >= 0.6 is 0 Å². The molecule has 3 rings (SSSR count). The molecule has 2 heterocycles. The summed E-state index contributed by atoms with van der Waals surface area (Å²) < 4.78 is 21.5. The molecule has 0 aliphatic carbocycles. The molecule has 6 N–H and O–H groups in total. The summed E-state index contributed by atoms with van der Waals surface area (Å²) in [5.74, 6) is 0. The summed E-state index contributed by atoms with van der Waals surface area (Å²) in [5.41, 5.74) is -1.37. The highest BCUT2D eigenvalue weighted by atomic mass is 16.7. The molecule has 166 valence electrons. The van der Waals surface area contributed by atoms with Gasteiger partial charge in [-0.2, -0.15) is 5.26 Å². The number of nitrogens with zero attached hydrogens (tertiary/aromatic N) is 1. The zero-order chi connectivity index (χ0) is 21.9. The first-order chi connectivity index (χ1) is 14.3. The van der Waals surface area contributed by atoms with Crippen molar-refractivity contribution in [2.24, 2.45) is 0 Å². The summed E-state index contributed by atoms with van der Waals surface area (Å²) in [6.45, 7) is -1.51. The van der Waals surface area contributed by atoms with Gasteiger partial charge in [-0.25, -0.2) is 0 Å². The molecule has 0 bridgehead atoms. The van der Waals surface area contributed by atoms with Gasteiger partial charge in [0.05, 0.1) is 25.9 Å². The average molecular weight is 427 g/mol. The van der Waals surface area contributed by atoms with Crippen LogP contribution in [-0.2, 0) is 18.9 Å². The number of aliphatic hydroxyl groups excluding tert-OH is 5. The largest absolute Gasteiger partial charge is 0.393 e. The van der Waals surface area contributed by atoms with E-state index >= 15 is 0 Å². The third-order valence-electron chi connectivity index (χ3n) is 5.16. The van der Waals surface area contributed by atoms with E-state index in [1.165, 1.54) is 0 Å². The van der Waals surface area contributed by atoms with Crippen LogP contribution in [0.5, 0.6) is 0 Å². The molecule has 1 aromatic carbocycles. The van der Waals surface area contributed by atoms with Crippen LogP contribution in [0.4, 0.5) is 0 Å². The highest BCUT2D eigenvalue weighted by Gasteiger charge is 2.50. The highest BCUT2D eigenvalue weighted by molar-refractivity contribution is 5.22. The van der Waals surface area contributed by atoms with Crippen LogP contribution in [-0.4, -0.2) is 99.2 Å². The molecule has 2 aliphatic rings. The van der Waals surface area contributed by atoms with Crippen molar-refractivity contribution < 1.29 is 49.6 Å². The highest BCUT2D eigenvalue weighted by Crippen LogP contribution is 2.29. The standard InChI is InChI=1S/C19H25NO10/c20-6-11(10-4-2-1-3-5-10)29-17-15(24)14(23)13(22)12(30-17)7-27-18-16(25)19(26,8-21)9-28-18/h1-5,11-18,21-26H,7-9H2. The van der Waals surface area contributed by atoms with E-state index in [2.05, 4.69) is 0 Å². The van der Waals surface area contributed by atoms with Crippen molar-refractivity contribution in [3.05, 3.63) is 35.9 Å². The van der Waals surface area contributed by atoms with Gasteiger partial charge in [0.15, 0.2) is 18.7 Å². The van der Waals surface area contributed by atoms with Gasteiger partial charge in [-0.15, -0.1) is 0 Å². The Kier molecular flexibility index (Phi) is 7.38. The second kappa shape index (κ2) is 9.63. The van der Waals surface area contributed by atoms with Gasteiger partial charge >= 0.3 is 0 Å². The molecule has 2 fully saturated rings. The summed E-state index contributed by atoms with van der Waals surface area (Å²) in [4.78, 5) is 0. The van der Waals surface area contributed by atoms with Gasteiger partial charge in [0, 0.05) is 0 Å². The van der Waals surface area contributed by atoms with Crippen molar-refractivity contribution in [3.8, 4) is 6.07 Å². The fourth-order valence-electron chi connectivity index (χ4n) is 3.24. The van der Waals surface area contributed by atoms with Gasteiger partial charge in [-0.05, 0) is 5.56 Å². The van der Waals surface area contributed by atoms with E-state index in [1.807, 2.05) is 6.07 Å². The maximum Gasteiger partial charge on any atom is 0.188 e. The van der Waals surface area contributed by atoms with Crippen molar-refractivity contribution in [2.75, 3.05) is 19.8 Å². The fraction of sp³-hybridized carbons (Fsp3) is 0.632. The molecule has 11 nitrogen and oxygen atoms in total. The second-order valence-electron chi connectivity index (χ2n) is 7.29. The summed E-state index contributed by atoms with van der Waals surface area (Å²) in [7, 11) is 0. The van der Waals surface area contributed by atoms with E-state index in [0.717, 1.165) is 0 Å². The summed E-state index contributed by atoms with van der Waals surface area (Å²) in [5, 5.41) is 69.1. The quantitative estimate of drug-likeness (QED) is 0.271. The number of aliphatic hydroxyl groups is 6. The lowest BCUT2D eigenvalue weighted by Gasteiger charge is -2.41. The van der Waals surface area contributed by atoms with Crippen LogP contribution in [0.25, 0.3) is 0 Å². The van der Waals surface area contributed by atoms with Crippen LogP contribution in [0.2, 0.25) is 0 Å². The van der Waals surface area contributed by atoms with Crippen molar-refractivity contribution in [1.29, 1.82) is 5.26 Å². The van der Waals surface area contributed by atoms with Gasteiger partial charge in [-0.1, -0.05) is 30.3 Å². The molecule has 2 saturated heterocycles. The number of hydrogen-bond acceptors (Lipinski definition) is 11. The number of benzene rings is 1. The van der Waals surface area contributed by atoms with E-state index in [9.17, 15) is 30.8 Å². The van der Waals surface area contributed by atoms with Gasteiger partial charge in [0.1, 0.15) is 36.1 Å². The van der Waals surface area contributed by atoms with E-state index in [1.54, 1.807) is 30.3 Å².